The molecular formula is C19H16N4O3S2. The van der Waals surface area contributed by atoms with Gasteiger partial charge in [0.1, 0.15) is 4.32 Å². The van der Waals surface area contributed by atoms with Crippen molar-refractivity contribution in [3.05, 3.63) is 70.9 Å². The van der Waals surface area contributed by atoms with Crippen LogP contribution in [0.5, 0.6) is 0 Å². The summed E-state index contributed by atoms with van der Waals surface area (Å²) in [7, 11) is 0. The van der Waals surface area contributed by atoms with Crippen molar-refractivity contribution in [1.29, 1.82) is 0 Å². The summed E-state index contributed by atoms with van der Waals surface area (Å²) in [5, 5.41) is 0. The Balaban J connectivity index is 1.50. The van der Waals surface area contributed by atoms with E-state index in [1.807, 2.05) is 30.3 Å². The summed E-state index contributed by atoms with van der Waals surface area (Å²) in [5.74, 6) is -1.14. The van der Waals surface area contributed by atoms with Crippen LogP contribution in [0, 0.1) is 0 Å². The molecule has 1 saturated heterocycles. The van der Waals surface area contributed by atoms with Crippen LogP contribution in [0.3, 0.4) is 0 Å². The fourth-order valence-electron chi connectivity index (χ4n) is 2.36. The smallest absolute Gasteiger partial charge is 0.271 e. The largest absolute Gasteiger partial charge is 0.292 e. The molecule has 0 spiro atoms. The van der Waals surface area contributed by atoms with E-state index >= 15 is 0 Å². The van der Waals surface area contributed by atoms with Crippen molar-refractivity contribution in [2.45, 2.75) is 6.42 Å². The van der Waals surface area contributed by atoms with Crippen molar-refractivity contribution < 1.29 is 14.4 Å². The number of hydrogen-bond donors (Lipinski definition) is 2. The second-order valence-electron chi connectivity index (χ2n) is 5.74. The Bertz CT molecular complexity index is 933. The minimum atomic E-state index is -0.474. The molecule has 2 aromatic rings. The zero-order chi connectivity index (χ0) is 19.9. The lowest BCUT2D eigenvalue weighted by Gasteiger charge is -2.14. The zero-order valence-electron chi connectivity index (χ0n) is 14.6. The molecule has 3 rings (SSSR count). The van der Waals surface area contributed by atoms with Gasteiger partial charge in [0.25, 0.3) is 11.8 Å². The first-order valence-corrected chi connectivity index (χ1v) is 9.56. The zero-order valence-corrected chi connectivity index (χ0v) is 16.3. The van der Waals surface area contributed by atoms with Crippen molar-refractivity contribution in [3.63, 3.8) is 0 Å². The van der Waals surface area contributed by atoms with E-state index in [1.165, 1.54) is 22.9 Å². The lowest BCUT2D eigenvalue weighted by molar-refractivity contribution is -0.124. The van der Waals surface area contributed by atoms with Crippen LogP contribution in [0.4, 0.5) is 0 Å². The fraction of sp³-hybridized carbons (Fsp3) is 0.105. The number of thiocarbonyl (C=S) groups is 1. The van der Waals surface area contributed by atoms with Crippen LogP contribution in [0.15, 0.2) is 59.8 Å². The van der Waals surface area contributed by atoms with Crippen molar-refractivity contribution in [2.24, 2.45) is 0 Å². The van der Waals surface area contributed by atoms with E-state index in [0.717, 1.165) is 5.56 Å². The van der Waals surface area contributed by atoms with Gasteiger partial charge in [-0.1, -0.05) is 54.3 Å². The van der Waals surface area contributed by atoms with Crippen LogP contribution in [-0.4, -0.2) is 38.5 Å². The van der Waals surface area contributed by atoms with Crippen LogP contribution < -0.4 is 10.9 Å². The average molecular weight is 412 g/mol. The Hall–Kier alpha value is -3.04. The third kappa shape index (κ3) is 5.02. The molecule has 1 aliphatic heterocycles. The van der Waals surface area contributed by atoms with Gasteiger partial charge >= 0.3 is 0 Å². The van der Waals surface area contributed by atoms with E-state index in [0.29, 0.717) is 14.8 Å². The minimum Gasteiger partial charge on any atom is -0.292 e. The first-order chi connectivity index (χ1) is 13.5. The standard InChI is InChI=1S/C19H16N4O3S2/c24-16(21-22-17(25)14-7-4-9-20-12-14)8-10-23-18(26)15(28-19(23)27)11-13-5-2-1-3-6-13/h1-7,9,11-12H,8,10H2,(H,21,24)(H,22,25)/b15-11+. The van der Waals surface area contributed by atoms with E-state index in [4.69, 9.17) is 12.2 Å². The number of carbonyl (C=O) groups excluding carboxylic acids is 3. The summed E-state index contributed by atoms with van der Waals surface area (Å²) < 4.78 is 0.402. The van der Waals surface area contributed by atoms with Crippen LogP contribution >= 0.6 is 24.0 Å². The number of rotatable bonds is 5. The molecule has 1 aromatic carbocycles. The fourth-order valence-corrected chi connectivity index (χ4v) is 3.67. The van der Waals surface area contributed by atoms with Gasteiger partial charge in [-0.05, 0) is 23.8 Å². The number of aromatic nitrogens is 1. The Morgan fingerprint density at radius 2 is 1.93 bits per heavy atom. The number of hydrazine groups is 1. The number of pyridine rings is 1. The summed E-state index contributed by atoms with van der Waals surface area (Å²) in [6.45, 7) is 0.130. The van der Waals surface area contributed by atoms with Gasteiger partial charge in [-0.15, -0.1) is 0 Å². The highest BCUT2D eigenvalue weighted by Crippen LogP contribution is 2.32. The Morgan fingerprint density at radius 3 is 2.64 bits per heavy atom. The predicted molar refractivity (Wildman–Crippen MR) is 111 cm³/mol. The van der Waals surface area contributed by atoms with Gasteiger partial charge in [0, 0.05) is 25.4 Å². The molecule has 28 heavy (non-hydrogen) atoms. The van der Waals surface area contributed by atoms with E-state index in [1.54, 1.807) is 24.4 Å². The van der Waals surface area contributed by atoms with Crippen molar-refractivity contribution in [2.75, 3.05) is 6.54 Å². The molecule has 1 fully saturated rings. The van der Waals surface area contributed by atoms with E-state index < -0.39 is 11.8 Å². The summed E-state index contributed by atoms with van der Waals surface area (Å²) in [6.07, 6.45) is 4.70. The number of benzene rings is 1. The van der Waals surface area contributed by atoms with Gasteiger partial charge < -0.3 is 0 Å². The molecule has 0 atom stereocenters. The molecule has 142 valence electrons. The third-order valence-corrected chi connectivity index (χ3v) is 5.15. The minimum absolute atomic E-state index is 0.00161. The first-order valence-electron chi connectivity index (χ1n) is 8.34. The lowest BCUT2D eigenvalue weighted by atomic mass is 10.2. The number of thioether (sulfide) groups is 1. The highest BCUT2D eigenvalue weighted by molar-refractivity contribution is 8.26. The van der Waals surface area contributed by atoms with Crippen LogP contribution in [-0.2, 0) is 9.59 Å². The molecule has 2 N–H and O–H groups in total. The summed E-state index contributed by atoms with van der Waals surface area (Å²) >= 11 is 6.46. The second-order valence-corrected chi connectivity index (χ2v) is 7.41. The monoisotopic (exact) mass is 412 g/mol. The van der Waals surface area contributed by atoms with Crippen LogP contribution in [0.2, 0.25) is 0 Å². The van der Waals surface area contributed by atoms with Crippen molar-refractivity contribution in [3.8, 4) is 0 Å². The van der Waals surface area contributed by atoms with E-state index in [2.05, 4.69) is 15.8 Å². The molecule has 9 heteroatoms. The number of hydrogen-bond acceptors (Lipinski definition) is 6. The first kappa shape index (κ1) is 19.7. The number of carbonyl (C=O) groups is 3. The Kier molecular flexibility index (Phi) is 6.51. The molecule has 2 heterocycles. The number of nitrogens with one attached hydrogen (secondary N) is 2. The Morgan fingerprint density at radius 1 is 1.14 bits per heavy atom. The summed E-state index contributed by atoms with van der Waals surface area (Å²) in [5.41, 5.74) is 5.85. The predicted octanol–water partition coefficient (Wildman–Crippen LogP) is 2.13. The van der Waals surface area contributed by atoms with Crippen LogP contribution in [0.1, 0.15) is 22.3 Å². The molecule has 7 nitrogen and oxygen atoms in total. The number of amides is 3. The van der Waals surface area contributed by atoms with Crippen LogP contribution in [0.25, 0.3) is 6.08 Å². The number of nitrogens with zero attached hydrogens (tertiary/aromatic N) is 2. The molecule has 0 saturated carbocycles. The highest BCUT2D eigenvalue weighted by atomic mass is 32.2. The topological polar surface area (TPSA) is 91.4 Å². The molecule has 3 amide bonds. The molecule has 0 bridgehead atoms. The molecule has 1 aliphatic rings. The SMILES string of the molecule is O=C(CCN1C(=O)/C(=C\c2ccccc2)SC1=S)NNC(=O)c1cccnc1. The lowest BCUT2D eigenvalue weighted by Crippen LogP contribution is -2.43. The summed E-state index contributed by atoms with van der Waals surface area (Å²) in [6, 6.07) is 12.7. The van der Waals surface area contributed by atoms with Gasteiger partial charge in [-0.25, -0.2) is 0 Å². The molecule has 0 unspecified atom stereocenters. The second kappa shape index (κ2) is 9.25. The van der Waals surface area contributed by atoms with Crippen molar-refractivity contribution in [1.82, 2.24) is 20.7 Å². The van der Waals surface area contributed by atoms with Gasteiger partial charge in [-0.3, -0.25) is 35.1 Å². The van der Waals surface area contributed by atoms with Gasteiger partial charge in [0.15, 0.2) is 0 Å². The van der Waals surface area contributed by atoms with E-state index in [9.17, 15) is 14.4 Å². The quantitative estimate of drug-likeness (QED) is 0.444. The maximum Gasteiger partial charge on any atom is 0.271 e. The van der Waals surface area contributed by atoms with Crippen molar-refractivity contribution >= 4 is 52.1 Å². The molecule has 0 aliphatic carbocycles. The summed E-state index contributed by atoms with van der Waals surface area (Å²) in [4.78, 5) is 42.1. The normalized spacial score (nSPS) is 15.0. The van der Waals surface area contributed by atoms with Gasteiger partial charge in [0.05, 0.1) is 10.5 Å². The highest BCUT2D eigenvalue weighted by Gasteiger charge is 2.32. The molecular weight excluding hydrogens is 396 g/mol. The maximum atomic E-state index is 12.5. The van der Waals surface area contributed by atoms with Gasteiger partial charge in [0.2, 0.25) is 5.91 Å². The maximum absolute atomic E-state index is 12.5. The Labute approximate surface area is 171 Å². The molecule has 1 aromatic heterocycles. The molecule has 0 radical (unpaired) electrons. The van der Waals surface area contributed by atoms with Gasteiger partial charge in [-0.2, -0.15) is 0 Å². The third-order valence-electron chi connectivity index (χ3n) is 3.77. The average Bonchev–Trinajstić information content (AvgIpc) is 2.98. The van der Waals surface area contributed by atoms with E-state index in [-0.39, 0.29) is 18.9 Å².